The van der Waals surface area contributed by atoms with E-state index < -0.39 is 0 Å². The van der Waals surface area contributed by atoms with Gasteiger partial charge < -0.3 is 9.94 Å². The van der Waals surface area contributed by atoms with Crippen LogP contribution in [-0.4, -0.2) is 11.4 Å². The summed E-state index contributed by atoms with van der Waals surface area (Å²) >= 11 is 0. The van der Waals surface area contributed by atoms with Gasteiger partial charge in [0.2, 0.25) is 0 Å². The molecule has 3 rings (SSSR count). The molecule has 3 heteroatoms. The first kappa shape index (κ1) is 13.9. The molecule has 3 aromatic carbocycles. The molecular weight excluding hydrogens is 274 g/mol. The van der Waals surface area contributed by atoms with E-state index in [0.29, 0.717) is 0 Å². The highest BCUT2D eigenvalue weighted by molar-refractivity contribution is 5.79. The minimum absolute atomic E-state index is 0.738. The van der Waals surface area contributed by atoms with Crippen molar-refractivity contribution in [3.63, 3.8) is 0 Å². The highest BCUT2D eigenvalue weighted by Gasteiger charge is 2.00. The molecule has 22 heavy (non-hydrogen) atoms. The van der Waals surface area contributed by atoms with Crippen molar-refractivity contribution in [1.82, 2.24) is 0 Å². The third-order valence-electron chi connectivity index (χ3n) is 3.28. The maximum Gasteiger partial charge on any atom is 0.127 e. The summed E-state index contributed by atoms with van der Waals surface area (Å²) in [5.74, 6) is 1.52. The first-order valence-electron chi connectivity index (χ1n) is 6.96. The first-order chi connectivity index (χ1) is 10.8. The van der Waals surface area contributed by atoms with Gasteiger partial charge in [-0.3, -0.25) is 0 Å². The van der Waals surface area contributed by atoms with Crippen molar-refractivity contribution in [3.05, 3.63) is 84.4 Å². The quantitative estimate of drug-likeness (QED) is 0.419. The Bertz CT molecular complexity index is 748. The molecule has 0 unspecified atom stereocenters. The summed E-state index contributed by atoms with van der Waals surface area (Å²) in [6.07, 6.45) is 1.37. The van der Waals surface area contributed by atoms with Crippen molar-refractivity contribution < 1.29 is 9.94 Å². The van der Waals surface area contributed by atoms with E-state index in [-0.39, 0.29) is 0 Å². The molecule has 0 saturated carbocycles. The van der Waals surface area contributed by atoms with Crippen LogP contribution in [0.4, 0.5) is 0 Å². The number of hydrogen-bond donors (Lipinski definition) is 1. The van der Waals surface area contributed by atoms with E-state index >= 15 is 0 Å². The molecule has 1 N–H and O–H groups in total. The fraction of sp³-hybridized carbons (Fsp3) is 0. The molecule has 3 nitrogen and oxygen atoms in total. The summed E-state index contributed by atoms with van der Waals surface area (Å²) in [6.45, 7) is 0. The molecule has 0 aliphatic carbocycles. The summed E-state index contributed by atoms with van der Waals surface area (Å²) in [7, 11) is 0. The zero-order valence-corrected chi connectivity index (χ0v) is 11.9. The van der Waals surface area contributed by atoms with Gasteiger partial charge in [0.25, 0.3) is 0 Å². The van der Waals surface area contributed by atoms with E-state index in [9.17, 15) is 0 Å². The molecule has 0 aliphatic heterocycles. The maximum absolute atomic E-state index is 8.48. The Balaban J connectivity index is 1.73. The second-order valence-corrected chi connectivity index (χ2v) is 4.81. The molecule has 0 bridgehead atoms. The molecular formula is C19H15NO2. The number of nitrogens with zero attached hydrogens (tertiary/aromatic N) is 1. The lowest BCUT2D eigenvalue weighted by Gasteiger charge is -2.07. The van der Waals surface area contributed by atoms with Crippen LogP contribution < -0.4 is 4.74 Å². The molecule has 0 spiro atoms. The Labute approximate surface area is 129 Å². The zero-order chi connectivity index (χ0) is 15.2. The van der Waals surface area contributed by atoms with Crippen LogP contribution in [0.3, 0.4) is 0 Å². The lowest BCUT2D eigenvalue weighted by atomic mass is 10.1. The highest BCUT2D eigenvalue weighted by atomic mass is 16.5. The van der Waals surface area contributed by atoms with Gasteiger partial charge in [-0.1, -0.05) is 47.6 Å². The van der Waals surface area contributed by atoms with Crippen LogP contribution in [0.25, 0.3) is 11.1 Å². The summed E-state index contributed by atoms with van der Waals surface area (Å²) < 4.78 is 5.80. The highest BCUT2D eigenvalue weighted by Crippen LogP contribution is 2.25. The monoisotopic (exact) mass is 289 g/mol. The van der Waals surface area contributed by atoms with Gasteiger partial charge in [-0.2, -0.15) is 0 Å². The van der Waals surface area contributed by atoms with Crippen LogP contribution in [0.1, 0.15) is 5.56 Å². The molecule has 3 aromatic rings. The van der Waals surface area contributed by atoms with E-state index in [1.807, 2.05) is 66.7 Å². The summed E-state index contributed by atoms with van der Waals surface area (Å²) in [4.78, 5) is 0. The Morgan fingerprint density at radius 2 is 1.23 bits per heavy atom. The molecule has 0 radical (unpaired) electrons. The van der Waals surface area contributed by atoms with Gasteiger partial charge >= 0.3 is 0 Å². The van der Waals surface area contributed by atoms with Gasteiger partial charge in [0.05, 0.1) is 6.21 Å². The summed E-state index contributed by atoms with van der Waals surface area (Å²) in [5.41, 5.74) is 3.15. The molecule has 108 valence electrons. The van der Waals surface area contributed by atoms with Crippen LogP contribution in [0.5, 0.6) is 11.5 Å². The third kappa shape index (κ3) is 3.33. The van der Waals surface area contributed by atoms with Gasteiger partial charge in [0.15, 0.2) is 0 Å². The zero-order valence-electron chi connectivity index (χ0n) is 11.9. The lowest BCUT2D eigenvalue weighted by molar-refractivity contribution is 0.322. The molecule has 0 atom stereocenters. The number of hydrogen-bond acceptors (Lipinski definition) is 3. The van der Waals surface area contributed by atoms with Gasteiger partial charge in [0, 0.05) is 0 Å². The van der Waals surface area contributed by atoms with Gasteiger partial charge in [-0.05, 0) is 53.1 Å². The van der Waals surface area contributed by atoms with Crippen LogP contribution in [0.2, 0.25) is 0 Å². The summed E-state index contributed by atoms with van der Waals surface area (Å²) in [5, 5.41) is 11.5. The molecule has 0 heterocycles. The average Bonchev–Trinajstić information content (AvgIpc) is 2.58. The predicted molar refractivity (Wildman–Crippen MR) is 87.8 cm³/mol. The fourth-order valence-corrected chi connectivity index (χ4v) is 2.17. The molecule has 0 aliphatic rings. The third-order valence-corrected chi connectivity index (χ3v) is 3.28. The van der Waals surface area contributed by atoms with Crippen molar-refractivity contribution in [2.45, 2.75) is 0 Å². The van der Waals surface area contributed by atoms with Crippen molar-refractivity contribution >= 4 is 6.21 Å². The normalized spacial score (nSPS) is 10.7. The Morgan fingerprint density at radius 3 is 1.82 bits per heavy atom. The minimum Gasteiger partial charge on any atom is -0.457 e. The van der Waals surface area contributed by atoms with E-state index in [0.717, 1.165) is 22.6 Å². The molecule has 0 saturated heterocycles. The Morgan fingerprint density at radius 1 is 0.682 bits per heavy atom. The number of rotatable bonds is 4. The van der Waals surface area contributed by atoms with Crippen LogP contribution >= 0.6 is 0 Å². The molecule has 0 aromatic heterocycles. The second kappa shape index (κ2) is 6.59. The summed E-state index contributed by atoms with van der Waals surface area (Å²) in [6, 6.07) is 25.5. The smallest absolute Gasteiger partial charge is 0.127 e. The lowest BCUT2D eigenvalue weighted by Crippen LogP contribution is -1.86. The van der Waals surface area contributed by atoms with Crippen LogP contribution in [0, 0.1) is 0 Å². The molecule has 0 fully saturated rings. The second-order valence-electron chi connectivity index (χ2n) is 4.81. The van der Waals surface area contributed by atoms with E-state index in [2.05, 4.69) is 17.3 Å². The largest absolute Gasteiger partial charge is 0.457 e. The topological polar surface area (TPSA) is 41.8 Å². The van der Waals surface area contributed by atoms with Gasteiger partial charge in [0.1, 0.15) is 11.5 Å². The van der Waals surface area contributed by atoms with E-state index in [4.69, 9.17) is 9.94 Å². The van der Waals surface area contributed by atoms with Crippen molar-refractivity contribution in [2.75, 3.05) is 0 Å². The first-order valence-corrected chi connectivity index (χ1v) is 6.96. The van der Waals surface area contributed by atoms with Crippen molar-refractivity contribution in [3.8, 4) is 22.6 Å². The van der Waals surface area contributed by atoms with Crippen molar-refractivity contribution in [1.29, 1.82) is 0 Å². The maximum atomic E-state index is 8.48. The van der Waals surface area contributed by atoms with Crippen molar-refractivity contribution in [2.24, 2.45) is 5.16 Å². The Kier molecular flexibility index (Phi) is 4.16. The standard InChI is InChI=1S/C19H15NO2/c21-20-14-15-6-10-18(11-7-15)22-19-12-8-17(9-13-19)16-4-2-1-3-5-16/h1-14,21H. The average molecular weight is 289 g/mol. The fourth-order valence-electron chi connectivity index (χ4n) is 2.17. The van der Waals surface area contributed by atoms with E-state index in [1.165, 1.54) is 11.8 Å². The van der Waals surface area contributed by atoms with Gasteiger partial charge in [-0.15, -0.1) is 0 Å². The van der Waals surface area contributed by atoms with Gasteiger partial charge in [-0.25, -0.2) is 0 Å². The number of benzene rings is 3. The van der Waals surface area contributed by atoms with Crippen LogP contribution in [0.15, 0.2) is 84.0 Å². The Hall–Kier alpha value is -3.07. The number of oxime groups is 1. The predicted octanol–water partition coefficient (Wildman–Crippen LogP) is 4.95. The number of ether oxygens (including phenoxy) is 1. The van der Waals surface area contributed by atoms with Crippen LogP contribution in [-0.2, 0) is 0 Å². The SMILES string of the molecule is ON=Cc1ccc(Oc2ccc(-c3ccccc3)cc2)cc1. The molecule has 0 amide bonds. The minimum atomic E-state index is 0.738. The van der Waals surface area contributed by atoms with E-state index in [1.54, 1.807) is 0 Å².